The number of carbonyl (C=O) groups is 1. The molecule has 5 heteroatoms. The van der Waals surface area contributed by atoms with Gasteiger partial charge in [-0.3, -0.25) is 4.79 Å². The van der Waals surface area contributed by atoms with E-state index in [4.69, 9.17) is 4.52 Å². The summed E-state index contributed by atoms with van der Waals surface area (Å²) in [6.45, 7) is 0. The fourth-order valence-corrected chi connectivity index (χ4v) is 3.53. The molecule has 3 atom stereocenters. The lowest BCUT2D eigenvalue weighted by atomic mass is 9.86. The highest BCUT2D eigenvalue weighted by Gasteiger charge is 2.40. The SMILES string of the molecule is CNC(=O)Cc1noc(C[C@H]2C[C@H]3CC[C@@H]2C3)n1. The van der Waals surface area contributed by atoms with E-state index in [2.05, 4.69) is 15.5 Å². The molecule has 2 bridgehead atoms. The predicted octanol–water partition coefficient (Wildman–Crippen LogP) is 1.34. The Bertz CT molecular complexity index is 443. The van der Waals surface area contributed by atoms with Crippen LogP contribution in [0.3, 0.4) is 0 Å². The van der Waals surface area contributed by atoms with E-state index in [0.29, 0.717) is 11.7 Å². The van der Waals surface area contributed by atoms with Crippen molar-refractivity contribution in [2.75, 3.05) is 7.05 Å². The Kier molecular flexibility index (Phi) is 3.06. The number of carbonyl (C=O) groups excluding carboxylic acids is 1. The Morgan fingerprint density at radius 3 is 3.00 bits per heavy atom. The largest absolute Gasteiger partial charge is 0.359 e. The number of nitrogens with zero attached hydrogens (tertiary/aromatic N) is 2. The van der Waals surface area contributed by atoms with Crippen molar-refractivity contribution in [2.45, 2.75) is 38.5 Å². The van der Waals surface area contributed by atoms with Crippen molar-refractivity contribution in [3.8, 4) is 0 Å². The molecule has 1 aromatic rings. The van der Waals surface area contributed by atoms with E-state index in [-0.39, 0.29) is 12.3 Å². The molecule has 1 N–H and O–H groups in total. The number of hydrogen-bond acceptors (Lipinski definition) is 4. The normalized spacial score (nSPS) is 29.7. The van der Waals surface area contributed by atoms with Crippen LogP contribution in [0.4, 0.5) is 0 Å². The summed E-state index contributed by atoms with van der Waals surface area (Å²) in [5, 5.41) is 6.42. The van der Waals surface area contributed by atoms with Crippen LogP contribution in [0.25, 0.3) is 0 Å². The lowest BCUT2D eigenvalue weighted by Crippen LogP contribution is -2.20. The van der Waals surface area contributed by atoms with Gasteiger partial charge in [0.2, 0.25) is 11.8 Å². The number of fused-ring (bicyclic) bond motifs is 2. The van der Waals surface area contributed by atoms with E-state index in [1.54, 1.807) is 7.05 Å². The Labute approximate surface area is 106 Å². The second kappa shape index (κ2) is 4.71. The van der Waals surface area contributed by atoms with Crippen LogP contribution in [-0.2, 0) is 17.6 Å². The summed E-state index contributed by atoms with van der Waals surface area (Å²) in [4.78, 5) is 15.5. The van der Waals surface area contributed by atoms with Crippen molar-refractivity contribution in [3.63, 3.8) is 0 Å². The Hall–Kier alpha value is -1.39. The van der Waals surface area contributed by atoms with Crippen molar-refractivity contribution in [3.05, 3.63) is 11.7 Å². The van der Waals surface area contributed by atoms with Gasteiger partial charge < -0.3 is 9.84 Å². The van der Waals surface area contributed by atoms with E-state index >= 15 is 0 Å². The summed E-state index contributed by atoms with van der Waals surface area (Å²) in [5.74, 6) is 3.64. The highest BCUT2D eigenvalue weighted by atomic mass is 16.5. The van der Waals surface area contributed by atoms with Crippen LogP contribution < -0.4 is 5.32 Å². The maximum atomic E-state index is 11.2. The van der Waals surface area contributed by atoms with Crippen molar-refractivity contribution < 1.29 is 9.32 Å². The monoisotopic (exact) mass is 249 g/mol. The minimum Gasteiger partial charge on any atom is -0.359 e. The number of aromatic nitrogens is 2. The molecule has 18 heavy (non-hydrogen) atoms. The second-order valence-electron chi connectivity index (χ2n) is 5.59. The first-order chi connectivity index (χ1) is 8.74. The summed E-state index contributed by atoms with van der Waals surface area (Å²) in [6, 6.07) is 0. The zero-order chi connectivity index (χ0) is 12.5. The van der Waals surface area contributed by atoms with Gasteiger partial charge in [0.05, 0.1) is 6.42 Å². The maximum absolute atomic E-state index is 11.2. The van der Waals surface area contributed by atoms with E-state index in [1.807, 2.05) is 0 Å². The molecule has 2 aliphatic rings. The molecule has 1 heterocycles. The first-order valence-electron chi connectivity index (χ1n) is 6.76. The van der Waals surface area contributed by atoms with E-state index < -0.39 is 0 Å². The lowest BCUT2D eigenvalue weighted by molar-refractivity contribution is -0.120. The number of hydrogen-bond donors (Lipinski definition) is 1. The molecule has 2 fully saturated rings. The third kappa shape index (κ3) is 2.26. The van der Waals surface area contributed by atoms with Crippen molar-refractivity contribution in [2.24, 2.45) is 17.8 Å². The van der Waals surface area contributed by atoms with Crippen molar-refractivity contribution in [1.82, 2.24) is 15.5 Å². The smallest absolute Gasteiger partial charge is 0.227 e. The van der Waals surface area contributed by atoms with Crippen LogP contribution in [0, 0.1) is 17.8 Å². The minimum absolute atomic E-state index is 0.0812. The summed E-state index contributed by atoms with van der Waals surface area (Å²) >= 11 is 0. The second-order valence-corrected chi connectivity index (χ2v) is 5.59. The van der Waals surface area contributed by atoms with Gasteiger partial charge in [0.15, 0.2) is 5.82 Å². The van der Waals surface area contributed by atoms with Gasteiger partial charge in [-0.15, -0.1) is 0 Å². The first kappa shape index (κ1) is 11.7. The molecule has 2 aliphatic carbocycles. The number of likely N-dealkylation sites (N-methyl/N-ethyl adjacent to an activating group) is 1. The maximum Gasteiger partial charge on any atom is 0.227 e. The summed E-state index contributed by atoms with van der Waals surface area (Å²) in [5.41, 5.74) is 0. The minimum atomic E-state index is -0.0812. The fourth-order valence-electron chi connectivity index (χ4n) is 3.53. The first-order valence-corrected chi connectivity index (χ1v) is 6.76. The topological polar surface area (TPSA) is 68.0 Å². The third-order valence-electron chi connectivity index (χ3n) is 4.43. The zero-order valence-corrected chi connectivity index (χ0v) is 10.7. The third-order valence-corrected chi connectivity index (χ3v) is 4.43. The van der Waals surface area contributed by atoms with Crippen LogP contribution in [0.5, 0.6) is 0 Å². The van der Waals surface area contributed by atoms with Gasteiger partial charge in [-0.05, 0) is 37.0 Å². The predicted molar refractivity (Wildman–Crippen MR) is 64.7 cm³/mol. The number of nitrogens with one attached hydrogen (secondary N) is 1. The van der Waals surface area contributed by atoms with Gasteiger partial charge in [0.1, 0.15) is 0 Å². The Morgan fingerprint density at radius 1 is 1.44 bits per heavy atom. The average Bonchev–Trinajstić information content (AvgIpc) is 3.06. The fraction of sp³-hybridized carbons (Fsp3) is 0.769. The molecular weight excluding hydrogens is 230 g/mol. The van der Waals surface area contributed by atoms with Gasteiger partial charge in [-0.25, -0.2) is 0 Å². The lowest BCUT2D eigenvalue weighted by Gasteiger charge is -2.19. The Morgan fingerprint density at radius 2 is 2.33 bits per heavy atom. The van der Waals surface area contributed by atoms with Gasteiger partial charge in [-0.1, -0.05) is 11.6 Å². The summed E-state index contributed by atoms with van der Waals surface area (Å²) < 4.78 is 5.24. The molecule has 0 aliphatic heterocycles. The molecule has 2 saturated carbocycles. The van der Waals surface area contributed by atoms with E-state index in [9.17, 15) is 4.79 Å². The van der Waals surface area contributed by atoms with Gasteiger partial charge in [-0.2, -0.15) is 4.98 Å². The summed E-state index contributed by atoms with van der Waals surface area (Å²) in [7, 11) is 1.61. The molecule has 98 valence electrons. The van der Waals surface area contributed by atoms with Crippen molar-refractivity contribution in [1.29, 1.82) is 0 Å². The molecule has 0 unspecified atom stereocenters. The van der Waals surface area contributed by atoms with Gasteiger partial charge in [0.25, 0.3) is 0 Å². The highest BCUT2D eigenvalue weighted by molar-refractivity contribution is 5.77. The molecule has 0 spiro atoms. The molecule has 1 aromatic heterocycles. The molecule has 0 saturated heterocycles. The van der Waals surface area contributed by atoms with Crippen LogP contribution in [0.1, 0.15) is 37.4 Å². The highest BCUT2D eigenvalue weighted by Crippen LogP contribution is 2.49. The standard InChI is InChI=1S/C13H19N3O2/c1-14-12(17)7-11-15-13(18-16-11)6-10-5-8-2-3-9(10)4-8/h8-10H,2-7H2,1H3,(H,14,17)/t8-,9+,10+/m0/s1. The number of rotatable bonds is 4. The van der Waals surface area contributed by atoms with E-state index in [1.165, 1.54) is 25.7 Å². The number of amides is 1. The summed E-state index contributed by atoms with van der Waals surface area (Å²) in [6.07, 6.45) is 6.59. The van der Waals surface area contributed by atoms with Gasteiger partial charge in [0, 0.05) is 13.5 Å². The molecular formula is C13H19N3O2. The van der Waals surface area contributed by atoms with Crippen LogP contribution in [0.15, 0.2) is 4.52 Å². The van der Waals surface area contributed by atoms with Gasteiger partial charge >= 0.3 is 0 Å². The average molecular weight is 249 g/mol. The molecule has 0 radical (unpaired) electrons. The molecule has 5 nitrogen and oxygen atoms in total. The molecule has 0 aromatic carbocycles. The molecule has 3 rings (SSSR count). The quantitative estimate of drug-likeness (QED) is 0.874. The molecule has 1 amide bonds. The van der Waals surface area contributed by atoms with Crippen LogP contribution in [0.2, 0.25) is 0 Å². The van der Waals surface area contributed by atoms with Crippen LogP contribution >= 0.6 is 0 Å². The zero-order valence-electron chi connectivity index (χ0n) is 10.7. The van der Waals surface area contributed by atoms with Crippen molar-refractivity contribution >= 4 is 5.91 Å². The van der Waals surface area contributed by atoms with Crippen LogP contribution in [-0.4, -0.2) is 23.1 Å². The van der Waals surface area contributed by atoms with E-state index in [0.717, 1.165) is 24.2 Å². The Balaban J connectivity index is 1.58.